The number of para-hydroxylation sites is 1. The molecule has 1 saturated carbocycles. The maximum Gasteiger partial charge on any atom is 0.243 e. The number of rotatable bonds is 7. The summed E-state index contributed by atoms with van der Waals surface area (Å²) in [4.78, 5) is 42.1. The van der Waals surface area contributed by atoms with E-state index in [4.69, 9.17) is 0 Å². The molecule has 2 aromatic rings. The standard InChI is InChI=1S/C22H23N3O3S/c26-20(23-17-10-11-17)13-24(12-16-6-2-1-3-7-16)21(27)14-25-18-8-4-5-9-19(18)29-15-22(25)28/h1-9,17H,10-15H2,(H,23,26). The number of amides is 3. The number of nitrogens with zero attached hydrogens (tertiary/aromatic N) is 2. The Balaban J connectivity index is 1.50. The monoisotopic (exact) mass is 409 g/mol. The molecule has 0 radical (unpaired) electrons. The van der Waals surface area contributed by atoms with Gasteiger partial charge in [-0.15, -0.1) is 11.8 Å². The van der Waals surface area contributed by atoms with Gasteiger partial charge in [0.15, 0.2) is 0 Å². The molecule has 4 rings (SSSR count). The molecule has 150 valence electrons. The van der Waals surface area contributed by atoms with Gasteiger partial charge < -0.3 is 15.1 Å². The topological polar surface area (TPSA) is 69.7 Å². The quantitative estimate of drug-likeness (QED) is 0.763. The van der Waals surface area contributed by atoms with Crippen molar-refractivity contribution < 1.29 is 14.4 Å². The molecule has 6 nitrogen and oxygen atoms in total. The Kier molecular flexibility index (Phi) is 5.85. The molecule has 2 aromatic carbocycles. The highest BCUT2D eigenvalue weighted by Crippen LogP contribution is 2.34. The fourth-order valence-corrected chi connectivity index (χ4v) is 4.21. The van der Waals surface area contributed by atoms with E-state index in [1.165, 1.54) is 21.6 Å². The summed E-state index contributed by atoms with van der Waals surface area (Å²) in [5.41, 5.74) is 1.70. The van der Waals surface area contributed by atoms with Gasteiger partial charge in [0.1, 0.15) is 6.54 Å². The van der Waals surface area contributed by atoms with Gasteiger partial charge in [0.25, 0.3) is 0 Å². The summed E-state index contributed by atoms with van der Waals surface area (Å²) in [6, 6.07) is 17.4. The average Bonchev–Trinajstić information content (AvgIpc) is 3.54. The molecule has 0 aromatic heterocycles. The lowest BCUT2D eigenvalue weighted by Crippen LogP contribution is -2.47. The summed E-state index contributed by atoms with van der Waals surface area (Å²) in [7, 11) is 0. The van der Waals surface area contributed by atoms with E-state index in [0.29, 0.717) is 12.3 Å². The van der Waals surface area contributed by atoms with Crippen molar-refractivity contribution in [3.8, 4) is 0 Å². The zero-order valence-corrected chi connectivity index (χ0v) is 16.9. The summed E-state index contributed by atoms with van der Waals surface area (Å²) in [6.45, 7) is 0.249. The van der Waals surface area contributed by atoms with Crippen LogP contribution in [0.15, 0.2) is 59.5 Å². The molecule has 3 amide bonds. The van der Waals surface area contributed by atoms with Crippen LogP contribution in [0.5, 0.6) is 0 Å². The summed E-state index contributed by atoms with van der Waals surface area (Å²) >= 11 is 1.48. The first-order valence-corrected chi connectivity index (χ1v) is 10.7. The second kappa shape index (κ2) is 8.69. The first-order valence-electron chi connectivity index (χ1n) is 9.73. The lowest BCUT2D eigenvalue weighted by Gasteiger charge is -2.31. The van der Waals surface area contributed by atoms with E-state index in [1.54, 1.807) is 0 Å². The van der Waals surface area contributed by atoms with Crippen molar-refractivity contribution in [1.29, 1.82) is 0 Å². The zero-order valence-electron chi connectivity index (χ0n) is 16.0. The Morgan fingerprint density at radius 1 is 1.07 bits per heavy atom. The van der Waals surface area contributed by atoms with Gasteiger partial charge in [0.05, 0.1) is 18.0 Å². The summed E-state index contributed by atoms with van der Waals surface area (Å²) in [5, 5.41) is 2.94. The number of nitrogens with one attached hydrogen (secondary N) is 1. The molecule has 0 atom stereocenters. The highest BCUT2D eigenvalue weighted by atomic mass is 32.2. The van der Waals surface area contributed by atoms with E-state index in [1.807, 2.05) is 54.6 Å². The van der Waals surface area contributed by atoms with Gasteiger partial charge >= 0.3 is 0 Å². The Morgan fingerprint density at radius 2 is 1.79 bits per heavy atom. The van der Waals surface area contributed by atoms with Crippen molar-refractivity contribution in [2.45, 2.75) is 30.3 Å². The largest absolute Gasteiger partial charge is 0.352 e. The molecule has 1 fully saturated rings. The van der Waals surface area contributed by atoms with Crippen molar-refractivity contribution in [2.75, 3.05) is 23.7 Å². The lowest BCUT2D eigenvalue weighted by atomic mass is 10.2. The molecule has 1 N–H and O–H groups in total. The number of thioether (sulfide) groups is 1. The minimum Gasteiger partial charge on any atom is -0.352 e. The third-order valence-corrected chi connectivity index (χ3v) is 6.00. The molecule has 0 unspecified atom stereocenters. The Labute approximate surface area is 174 Å². The highest BCUT2D eigenvalue weighted by Gasteiger charge is 2.30. The minimum atomic E-state index is -0.241. The van der Waals surface area contributed by atoms with E-state index in [-0.39, 0.29) is 36.9 Å². The number of carbonyl (C=O) groups excluding carboxylic acids is 3. The maximum absolute atomic E-state index is 13.2. The van der Waals surface area contributed by atoms with Gasteiger partial charge in [-0.1, -0.05) is 42.5 Å². The SMILES string of the molecule is O=C(CN(Cc1ccccc1)C(=O)CN1C(=O)CSc2ccccc21)NC1CC1. The van der Waals surface area contributed by atoms with Crippen LogP contribution in [0.2, 0.25) is 0 Å². The minimum absolute atomic E-state index is 0.0113. The van der Waals surface area contributed by atoms with Crippen LogP contribution in [-0.4, -0.2) is 47.5 Å². The fraction of sp³-hybridized carbons (Fsp3) is 0.318. The van der Waals surface area contributed by atoms with Gasteiger partial charge in [0, 0.05) is 17.5 Å². The van der Waals surface area contributed by atoms with E-state index < -0.39 is 0 Å². The Morgan fingerprint density at radius 3 is 2.55 bits per heavy atom. The van der Waals surface area contributed by atoms with Gasteiger partial charge in [-0.3, -0.25) is 14.4 Å². The second-order valence-electron chi connectivity index (χ2n) is 7.31. The van der Waals surface area contributed by atoms with E-state index in [2.05, 4.69) is 5.32 Å². The van der Waals surface area contributed by atoms with Crippen molar-refractivity contribution in [1.82, 2.24) is 10.2 Å². The summed E-state index contributed by atoms with van der Waals surface area (Å²) in [6.07, 6.45) is 1.99. The Bertz CT molecular complexity index is 915. The summed E-state index contributed by atoms with van der Waals surface area (Å²) < 4.78 is 0. The van der Waals surface area contributed by atoms with Crippen LogP contribution < -0.4 is 10.2 Å². The van der Waals surface area contributed by atoms with Crippen LogP contribution in [0, 0.1) is 0 Å². The first-order chi connectivity index (χ1) is 14.1. The van der Waals surface area contributed by atoms with Gasteiger partial charge in [0.2, 0.25) is 17.7 Å². The molecule has 1 aliphatic heterocycles. The molecule has 2 aliphatic rings. The molecule has 0 bridgehead atoms. The van der Waals surface area contributed by atoms with E-state index >= 15 is 0 Å². The predicted molar refractivity (Wildman–Crippen MR) is 113 cm³/mol. The third kappa shape index (κ3) is 4.98. The average molecular weight is 410 g/mol. The number of carbonyl (C=O) groups is 3. The van der Waals surface area contributed by atoms with Crippen LogP contribution in [-0.2, 0) is 20.9 Å². The van der Waals surface area contributed by atoms with Gasteiger partial charge in [-0.25, -0.2) is 0 Å². The van der Waals surface area contributed by atoms with E-state index in [0.717, 1.165) is 29.0 Å². The molecule has 0 spiro atoms. The van der Waals surface area contributed by atoms with Crippen LogP contribution >= 0.6 is 11.8 Å². The third-order valence-electron chi connectivity index (χ3n) is 4.95. The van der Waals surface area contributed by atoms with Crippen LogP contribution in [0.3, 0.4) is 0 Å². The van der Waals surface area contributed by atoms with Crippen LogP contribution in [0.25, 0.3) is 0 Å². The molecule has 1 aliphatic carbocycles. The highest BCUT2D eigenvalue weighted by molar-refractivity contribution is 8.00. The molecule has 7 heteroatoms. The Hall–Kier alpha value is -2.80. The number of anilines is 1. The number of hydrogen-bond donors (Lipinski definition) is 1. The normalized spacial score (nSPS) is 15.6. The van der Waals surface area contributed by atoms with Crippen LogP contribution in [0.4, 0.5) is 5.69 Å². The second-order valence-corrected chi connectivity index (χ2v) is 8.33. The molecule has 0 saturated heterocycles. The maximum atomic E-state index is 13.2. The zero-order chi connectivity index (χ0) is 20.2. The van der Waals surface area contributed by atoms with Crippen LogP contribution in [0.1, 0.15) is 18.4 Å². The van der Waals surface area contributed by atoms with Crippen molar-refractivity contribution in [3.63, 3.8) is 0 Å². The molecular weight excluding hydrogens is 386 g/mol. The predicted octanol–water partition coefficient (Wildman–Crippen LogP) is 2.43. The van der Waals surface area contributed by atoms with Crippen molar-refractivity contribution in [2.24, 2.45) is 0 Å². The number of benzene rings is 2. The smallest absolute Gasteiger partial charge is 0.243 e. The number of fused-ring (bicyclic) bond motifs is 1. The summed E-state index contributed by atoms with van der Waals surface area (Å²) in [5.74, 6) is -0.179. The molecule has 29 heavy (non-hydrogen) atoms. The van der Waals surface area contributed by atoms with E-state index in [9.17, 15) is 14.4 Å². The van der Waals surface area contributed by atoms with Gasteiger partial charge in [-0.2, -0.15) is 0 Å². The fourth-order valence-electron chi connectivity index (χ4n) is 3.27. The van der Waals surface area contributed by atoms with Crippen molar-refractivity contribution >= 4 is 35.2 Å². The van der Waals surface area contributed by atoms with Crippen molar-refractivity contribution in [3.05, 3.63) is 60.2 Å². The first kappa shape index (κ1) is 19.5. The molecular formula is C22H23N3O3S. The van der Waals surface area contributed by atoms with Gasteiger partial charge in [-0.05, 0) is 30.5 Å². The lowest BCUT2D eigenvalue weighted by molar-refractivity contribution is -0.136. The number of hydrogen-bond acceptors (Lipinski definition) is 4. The molecule has 1 heterocycles.